The Hall–Kier alpha value is -2.37. The molecule has 3 N–H and O–H groups in total. The average molecular weight is 309 g/mol. The second-order valence-electron chi connectivity index (χ2n) is 4.05. The Morgan fingerprint density at radius 2 is 2.24 bits per heavy atom. The summed E-state index contributed by atoms with van der Waals surface area (Å²) in [6.07, 6.45) is 1.30. The lowest BCUT2D eigenvalue weighted by Gasteiger charge is -2.05. The highest BCUT2D eigenvalue weighted by molar-refractivity contribution is 7.92. The second kappa shape index (κ2) is 5.95. The topological polar surface area (TPSA) is 98.2 Å². The van der Waals surface area contributed by atoms with E-state index >= 15 is 0 Å². The molecule has 0 fully saturated rings. The molecule has 6 nitrogen and oxygen atoms in total. The molecule has 2 aromatic rings. The molecular weight excluding hydrogens is 297 g/mol. The van der Waals surface area contributed by atoms with Gasteiger partial charge in [0, 0.05) is 0 Å². The van der Waals surface area contributed by atoms with Crippen molar-refractivity contribution in [3.63, 3.8) is 0 Å². The first kappa shape index (κ1) is 15.0. The maximum Gasteiger partial charge on any atom is 0.309 e. The van der Waals surface area contributed by atoms with Crippen molar-refractivity contribution in [1.29, 1.82) is 0 Å². The lowest BCUT2D eigenvalue weighted by molar-refractivity contribution is 0.568. The highest BCUT2D eigenvalue weighted by Crippen LogP contribution is 2.18. The SMILES string of the molecule is Cc1coc(NS(=O)(=O)c2ccc(C#CCN)c(F)c2)n1. The van der Waals surface area contributed by atoms with Crippen LogP contribution in [-0.4, -0.2) is 19.9 Å². The van der Waals surface area contributed by atoms with Gasteiger partial charge in [0.15, 0.2) is 0 Å². The van der Waals surface area contributed by atoms with Gasteiger partial charge in [0.25, 0.3) is 10.0 Å². The van der Waals surface area contributed by atoms with Gasteiger partial charge in [-0.3, -0.25) is 0 Å². The molecule has 0 atom stereocenters. The molecule has 110 valence electrons. The van der Waals surface area contributed by atoms with E-state index in [2.05, 4.69) is 21.5 Å². The van der Waals surface area contributed by atoms with Crippen LogP contribution in [0, 0.1) is 24.6 Å². The molecule has 8 heteroatoms. The largest absolute Gasteiger partial charge is 0.431 e. The first-order valence-electron chi connectivity index (χ1n) is 5.86. The highest BCUT2D eigenvalue weighted by Gasteiger charge is 2.18. The van der Waals surface area contributed by atoms with E-state index < -0.39 is 15.8 Å². The summed E-state index contributed by atoms with van der Waals surface area (Å²) in [5, 5.41) is 0. The number of halogens is 1. The fourth-order valence-corrected chi connectivity index (χ4v) is 2.43. The van der Waals surface area contributed by atoms with Crippen LogP contribution in [0.3, 0.4) is 0 Å². The molecule has 21 heavy (non-hydrogen) atoms. The average Bonchev–Trinajstić information content (AvgIpc) is 2.82. The van der Waals surface area contributed by atoms with Gasteiger partial charge in [-0.15, -0.1) is 0 Å². The van der Waals surface area contributed by atoms with E-state index in [1.54, 1.807) is 6.92 Å². The zero-order valence-electron chi connectivity index (χ0n) is 11.1. The van der Waals surface area contributed by atoms with Gasteiger partial charge < -0.3 is 10.2 Å². The molecule has 0 bridgehead atoms. The Kier molecular flexibility index (Phi) is 4.26. The first-order valence-corrected chi connectivity index (χ1v) is 7.34. The number of sulfonamides is 1. The summed E-state index contributed by atoms with van der Waals surface area (Å²) in [6.45, 7) is 1.73. The van der Waals surface area contributed by atoms with Crippen molar-refractivity contribution in [2.75, 3.05) is 11.3 Å². The molecule has 1 heterocycles. The lowest BCUT2D eigenvalue weighted by Crippen LogP contribution is -2.13. The lowest BCUT2D eigenvalue weighted by atomic mass is 10.2. The Labute approximate surface area is 121 Å². The monoisotopic (exact) mass is 309 g/mol. The van der Waals surface area contributed by atoms with Crippen LogP contribution < -0.4 is 10.5 Å². The minimum Gasteiger partial charge on any atom is -0.431 e. The van der Waals surface area contributed by atoms with Crippen LogP contribution >= 0.6 is 0 Å². The van der Waals surface area contributed by atoms with Crippen molar-refractivity contribution in [2.24, 2.45) is 5.73 Å². The van der Waals surface area contributed by atoms with E-state index in [-0.39, 0.29) is 23.0 Å². The van der Waals surface area contributed by atoms with E-state index in [0.717, 1.165) is 6.07 Å². The predicted molar refractivity (Wildman–Crippen MR) is 74.4 cm³/mol. The molecule has 0 radical (unpaired) electrons. The molecule has 0 aliphatic heterocycles. The number of nitrogens with two attached hydrogens (primary N) is 1. The van der Waals surface area contributed by atoms with Gasteiger partial charge in [-0.1, -0.05) is 11.8 Å². The molecule has 2 rings (SSSR count). The molecule has 1 aromatic heterocycles. The summed E-state index contributed by atoms with van der Waals surface area (Å²) < 4.78 is 44.9. The van der Waals surface area contributed by atoms with Crippen LogP contribution in [0.5, 0.6) is 0 Å². The van der Waals surface area contributed by atoms with Gasteiger partial charge in [-0.2, -0.15) is 4.98 Å². The third-order valence-electron chi connectivity index (χ3n) is 2.42. The van der Waals surface area contributed by atoms with Crippen LogP contribution in [0.25, 0.3) is 0 Å². The maximum atomic E-state index is 13.8. The minimum absolute atomic E-state index is 0.0753. The Morgan fingerprint density at radius 1 is 1.48 bits per heavy atom. The van der Waals surface area contributed by atoms with Gasteiger partial charge in [0.05, 0.1) is 22.7 Å². The third-order valence-corrected chi connectivity index (χ3v) is 3.73. The van der Waals surface area contributed by atoms with Crippen molar-refractivity contribution in [3.05, 3.63) is 41.5 Å². The third kappa shape index (κ3) is 3.59. The predicted octanol–water partition coefficient (Wildman–Crippen LogP) is 1.23. The summed E-state index contributed by atoms with van der Waals surface area (Å²) in [7, 11) is -3.98. The van der Waals surface area contributed by atoms with Crippen molar-refractivity contribution in [1.82, 2.24) is 4.98 Å². The number of aryl methyl sites for hydroxylation is 1. The zero-order valence-corrected chi connectivity index (χ0v) is 11.9. The number of benzene rings is 1. The van der Waals surface area contributed by atoms with Crippen LogP contribution in [0.4, 0.5) is 10.4 Å². The zero-order chi connectivity index (χ0) is 15.5. The molecule has 0 spiro atoms. The molecule has 0 amide bonds. The smallest absolute Gasteiger partial charge is 0.309 e. The van der Waals surface area contributed by atoms with Crippen molar-refractivity contribution in [2.45, 2.75) is 11.8 Å². The van der Waals surface area contributed by atoms with E-state index in [1.165, 1.54) is 18.4 Å². The van der Waals surface area contributed by atoms with Crippen LogP contribution in [0.2, 0.25) is 0 Å². The van der Waals surface area contributed by atoms with Crippen molar-refractivity contribution < 1.29 is 17.2 Å². The van der Waals surface area contributed by atoms with Crippen LogP contribution in [-0.2, 0) is 10.0 Å². The number of nitrogens with one attached hydrogen (secondary N) is 1. The van der Waals surface area contributed by atoms with Gasteiger partial charge in [-0.05, 0) is 25.1 Å². The maximum absolute atomic E-state index is 13.8. The van der Waals surface area contributed by atoms with E-state index in [1.807, 2.05) is 0 Å². The number of hydrogen-bond acceptors (Lipinski definition) is 5. The molecular formula is C13H12FN3O3S. The van der Waals surface area contributed by atoms with Crippen LogP contribution in [0.15, 0.2) is 33.8 Å². The quantitative estimate of drug-likeness (QED) is 0.831. The first-order chi connectivity index (χ1) is 9.92. The number of anilines is 1. The molecule has 0 aliphatic carbocycles. The number of aromatic nitrogens is 1. The van der Waals surface area contributed by atoms with E-state index in [4.69, 9.17) is 10.2 Å². The Balaban J connectivity index is 2.30. The summed E-state index contributed by atoms with van der Waals surface area (Å²) in [4.78, 5) is 3.56. The number of nitrogens with zero attached hydrogens (tertiary/aromatic N) is 1. The summed E-state index contributed by atoms with van der Waals surface area (Å²) >= 11 is 0. The fourth-order valence-electron chi connectivity index (χ4n) is 1.49. The second-order valence-corrected chi connectivity index (χ2v) is 5.73. The van der Waals surface area contributed by atoms with Gasteiger partial charge in [-0.25, -0.2) is 17.5 Å². The molecule has 0 aliphatic rings. The summed E-state index contributed by atoms with van der Waals surface area (Å²) in [5.41, 5.74) is 5.79. The van der Waals surface area contributed by atoms with Crippen molar-refractivity contribution in [3.8, 4) is 11.8 Å². The minimum atomic E-state index is -3.98. The molecule has 1 aromatic carbocycles. The molecule has 0 saturated carbocycles. The number of rotatable bonds is 3. The van der Waals surface area contributed by atoms with E-state index in [0.29, 0.717) is 5.69 Å². The summed E-state index contributed by atoms with van der Waals surface area (Å²) in [6, 6.07) is 3.20. The van der Waals surface area contributed by atoms with Gasteiger partial charge in [0.2, 0.25) is 0 Å². The fraction of sp³-hybridized carbons (Fsp3) is 0.154. The number of hydrogen-bond donors (Lipinski definition) is 2. The highest BCUT2D eigenvalue weighted by atomic mass is 32.2. The van der Waals surface area contributed by atoms with Gasteiger partial charge >= 0.3 is 6.01 Å². The van der Waals surface area contributed by atoms with E-state index in [9.17, 15) is 12.8 Å². The standard InChI is InChI=1S/C13H12FN3O3S/c1-9-8-20-13(16-9)17-21(18,19)11-5-4-10(3-2-6-15)12(14)7-11/h4-5,7-8H,6,15H2,1H3,(H,16,17). The Bertz CT molecular complexity index is 819. The van der Waals surface area contributed by atoms with Gasteiger partial charge in [0.1, 0.15) is 12.1 Å². The normalized spacial score (nSPS) is 10.8. The Morgan fingerprint density at radius 3 is 2.81 bits per heavy atom. The molecule has 0 unspecified atom stereocenters. The summed E-state index contributed by atoms with van der Waals surface area (Å²) in [5.74, 6) is 4.25. The molecule has 0 saturated heterocycles. The van der Waals surface area contributed by atoms with Crippen LogP contribution in [0.1, 0.15) is 11.3 Å². The van der Waals surface area contributed by atoms with Crippen molar-refractivity contribution >= 4 is 16.0 Å². The number of oxazole rings is 1.